The average molecular weight is 224 g/mol. The normalized spacial score (nSPS) is 25.3. The van der Waals surface area contributed by atoms with Gasteiger partial charge in [-0.2, -0.15) is 0 Å². The highest BCUT2D eigenvalue weighted by Crippen LogP contribution is 2.47. The van der Waals surface area contributed by atoms with E-state index in [1.807, 2.05) is 0 Å². The molecule has 0 aromatic heterocycles. The largest absolute Gasteiger partial charge is 0.303 e. The Morgan fingerprint density at radius 1 is 1.12 bits per heavy atom. The molecule has 94 valence electrons. The van der Waals surface area contributed by atoms with Crippen LogP contribution in [0.5, 0.6) is 0 Å². The van der Waals surface area contributed by atoms with E-state index in [0.29, 0.717) is 11.0 Å². The maximum atomic E-state index is 2.68. The highest BCUT2D eigenvalue weighted by molar-refractivity contribution is 4.99. The third-order valence-corrected chi connectivity index (χ3v) is 4.43. The van der Waals surface area contributed by atoms with E-state index in [4.69, 9.17) is 0 Å². The molecule has 0 bridgehead atoms. The Bertz CT molecular complexity index is 232. The van der Waals surface area contributed by atoms with Crippen molar-refractivity contribution >= 4 is 0 Å². The Balaban J connectivity index is 1.83. The molecule has 1 saturated heterocycles. The summed E-state index contributed by atoms with van der Waals surface area (Å²) in [4.78, 5) is 5.22. The van der Waals surface area contributed by atoms with Gasteiger partial charge < -0.3 is 9.80 Å². The fourth-order valence-corrected chi connectivity index (χ4v) is 2.70. The van der Waals surface area contributed by atoms with E-state index >= 15 is 0 Å². The van der Waals surface area contributed by atoms with Crippen molar-refractivity contribution in [3.8, 4) is 0 Å². The maximum absolute atomic E-state index is 2.68. The zero-order valence-corrected chi connectivity index (χ0v) is 11.6. The van der Waals surface area contributed by atoms with Crippen molar-refractivity contribution in [2.75, 3.05) is 33.2 Å². The maximum Gasteiger partial charge on any atom is 0.0122 e. The summed E-state index contributed by atoms with van der Waals surface area (Å²) in [6, 6.07) is 0. The Morgan fingerprint density at radius 2 is 1.69 bits per heavy atom. The van der Waals surface area contributed by atoms with Gasteiger partial charge in [0.05, 0.1) is 0 Å². The topological polar surface area (TPSA) is 6.48 Å². The summed E-state index contributed by atoms with van der Waals surface area (Å²) in [7, 11) is 2.28. The van der Waals surface area contributed by atoms with Gasteiger partial charge in [-0.15, -0.1) is 0 Å². The van der Waals surface area contributed by atoms with Crippen LogP contribution in [0, 0.1) is 5.41 Å². The van der Waals surface area contributed by atoms with Crippen molar-refractivity contribution in [2.45, 2.75) is 52.0 Å². The first-order valence-electron chi connectivity index (χ1n) is 6.85. The van der Waals surface area contributed by atoms with Crippen LogP contribution >= 0.6 is 0 Å². The van der Waals surface area contributed by atoms with Crippen LogP contribution in [0.2, 0.25) is 0 Å². The van der Waals surface area contributed by atoms with Crippen molar-refractivity contribution in [2.24, 2.45) is 5.41 Å². The summed E-state index contributed by atoms with van der Waals surface area (Å²) in [5.41, 5.74) is 0.965. The third-order valence-electron chi connectivity index (χ3n) is 4.43. The molecular weight excluding hydrogens is 196 g/mol. The second-order valence-electron chi connectivity index (χ2n) is 7.01. The highest BCUT2D eigenvalue weighted by atomic mass is 15.2. The van der Waals surface area contributed by atoms with Crippen molar-refractivity contribution < 1.29 is 0 Å². The zero-order valence-electron chi connectivity index (χ0n) is 11.6. The molecule has 2 aliphatic rings. The first-order chi connectivity index (χ1) is 7.41. The van der Waals surface area contributed by atoms with Crippen molar-refractivity contribution in [1.82, 2.24) is 9.80 Å². The second kappa shape index (κ2) is 4.30. The van der Waals surface area contributed by atoms with Crippen LogP contribution in [0.1, 0.15) is 46.5 Å². The van der Waals surface area contributed by atoms with Gasteiger partial charge in [-0.25, -0.2) is 0 Å². The SMILES string of the molecule is CN(CC1(CN2CCCC2)CC1)C(C)(C)C. The Labute approximate surface area is 101 Å². The van der Waals surface area contributed by atoms with E-state index in [1.54, 1.807) is 0 Å². The molecule has 1 aliphatic carbocycles. The zero-order chi connectivity index (χ0) is 11.8. The van der Waals surface area contributed by atoms with Crippen LogP contribution in [0.15, 0.2) is 0 Å². The summed E-state index contributed by atoms with van der Waals surface area (Å²) < 4.78 is 0. The van der Waals surface area contributed by atoms with Crippen LogP contribution in [0.3, 0.4) is 0 Å². The third kappa shape index (κ3) is 2.98. The van der Waals surface area contributed by atoms with Crippen molar-refractivity contribution in [3.63, 3.8) is 0 Å². The lowest BCUT2D eigenvalue weighted by molar-refractivity contribution is 0.122. The molecule has 0 unspecified atom stereocenters. The van der Waals surface area contributed by atoms with E-state index < -0.39 is 0 Å². The monoisotopic (exact) mass is 224 g/mol. The molecule has 1 saturated carbocycles. The second-order valence-corrected chi connectivity index (χ2v) is 7.01. The molecule has 0 aromatic carbocycles. The molecule has 16 heavy (non-hydrogen) atoms. The van der Waals surface area contributed by atoms with Crippen LogP contribution < -0.4 is 0 Å². The molecule has 2 rings (SSSR count). The van der Waals surface area contributed by atoms with Gasteiger partial charge in [0.1, 0.15) is 0 Å². The van der Waals surface area contributed by atoms with Crippen LogP contribution in [-0.4, -0.2) is 48.6 Å². The summed E-state index contributed by atoms with van der Waals surface area (Å²) in [6.07, 6.45) is 5.74. The summed E-state index contributed by atoms with van der Waals surface area (Å²) in [5, 5.41) is 0. The summed E-state index contributed by atoms with van der Waals surface area (Å²) in [5.74, 6) is 0. The van der Waals surface area contributed by atoms with Gasteiger partial charge in [0.15, 0.2) is 0 Å². The first-order valence-corrected chi connectivity index (χ1v) is 6.85. The molecule has 1 aliphatic heterocycles. The molecule has 0 amide bonds. The predicted molar refractivity (Wildman–Crippen MR) is 69.7 cm³/mol. The summed E-state index contributed by atoms with van der Waals surface area (Å²) in [6.45, 7) is 12.3. The number of likely N-dealkylation sites (tertiary alicyclic amines) is 1. The summed E-state index contributed by atoms with van der Waals surface area (Å²) >= 11 is 0. The molecule has 0 atom stereocenters. The van der Waals surface area contributed by atoms with Crippen LogP contribution in [0.25, 0.3) is 0 Å². The minimum absolute atomic E-state index is 0.320. The van der Waals surface area contributed by atoms with Gasteiger partial charge in [0.2, 0.25) is 0 Å². The lowest BCUT2D eigenvalue weighted by atomic mass is 10.0. The van der Waals surface area contributed by atoms with Crippen molar-refractivity contribution in [1.29, 1.82) is 0 Å². The van der Waals surface area contributed by atoms with Crippen LogP contribution in [0.4, 0.5) is 0 Å². The highest BCUT2D eigenvalue weighted by Gasteiger charge is 2.45. The average Bonchev–Trinajstić information content (AvgIpc) is 2.73. The Hall–Kier alpha value is -0.0800. The lowest BCUT2D eigenvalue weighted by Gasteiger charge is -2.36. The number of hydrogen-bond donors (Lipinski definition) is 0. The minimum Gasteiger partial charge on any atom is -0.303 e. The molecule has 2 fully saturated rings. The molecule has 2 nitrogen and oxygen atoms in total. The molecule has 0 radical (unpaired) electrons. The number of hydrogen-bond acceptors (Lipinski definition) is 2. The van der Waals surface area contributed by atoms with E-state index in [-0.39, 0.29) is 0 Å². The molecule has 0 spiro atoms. The van der Waals surface area contributed by atoms with E-state index in [2.05, 4.69) is 37.6 Å². The fourth-order valence-electron chi connectivity index (χ4n) is 2.70. The van der Waals surface area contributed by atoms with Gasteiger partial charge in [0, 0.05) is 18.6 Å². The Kier molecular flexibility index (Phi) is 3.33. The van der Waals surface area contributed by atoms with E-state index in [0.717, 1.165) is 0 Å². The molecule has 2 heteroatoms. The first kappa shape index (κ1) is 12.4. The lowest BCUT2D eigenvalue weighted by Crippen LogP contribution is -2.44. The van der Waals surface area contributed by atoms with Gasteiger partial charge >= 0.3 is 0 Å². The van der Waals surface area contributed by atoms with Gasteiger partial charge in [-0.3, -0.25) is 0 Å². The van der Waals surface area contributed by atoms with Gasteiger partial charge in [0.25, 0.3) is 0 Å². The molecule has 0 aromatic rings. The quantitative estimate of drug-likeness (QED) is 0.724. The van der Waals surface area contributed by atoms with Gasteiger partial charge in [-0.05, 0) is 72.0 Å². The van der Waals surface area contributed by atoms with Gasteiger partial charge in [-0.1, -0.05) is 0 Å². The minimum atomic E-state index is 0.320. The number of nitrogens with zero attached hydrogens (tertiary/aromatic N) is 2. The van der Waals surface area contributed by atoms with E-state index in [9.17, 15) is 0 Å². The molecule has 0 N–H and O–H groups in total. The predicted octanol–water partition coefficient (Wildman–Crippen LogP) is 2.59. The Morgan fingerprint density at radius 3 is 2.12 bits per heavy atom. The standard InChI is InChI=1S/C14H28N2/c1-13(2,3)15(4)11-14(7-8-14)12-16-9-5-6-10-16/h5-12H2,1-4H3. The fraction of sp³-hybridized carbons (Fsp3) is 1.00. The number of rotatable bonds is 4. The van der Waals surface area contributed by atoms with Crippen molar-refractivity contribution in [3.05, 3.63) is 0 Å². The molecule has 1 heterocycles. The smallest absolute Gasteiger partial charge is 0.0122 e. The van der Waals surface area contributed by atoms with Crippen LogP contribution in [-0.2, 0) is 0 Å². The molecular formula is C14H28N2. The van der Waals surface area contributed by atoms with E-state index in [1.165, 1.54) is 51.9 Å².